The Hall–Kier alpha value is -3.67. The van der Waals surface area contributed by atoms with Crippen molar-refractivity contribution in [3.63, 3.8) is 0 Å². The lowest BCUT2D eigenvalue weighted by Gasteiger charge is -2.36. The molecule has 0 bridgehead atoms. The van der Waals surface area contributed by atoms with E-state index >= 15 is 0 Å². The molecule has 0 spiro atoms. The SMILES string of the molecule is Cc1ccc(-c2onc3ccc(C(=O)N4CCN(c5ccc(F)cc5)CC4)cc23)cc1. The zero-order chi connectivity index (χ0) is 21.4. The number of carbonyl (C=O) groups is 1. The Labute approximate surface area is 179 Å². The number of fused-ring (bicyclic) bond motifs is 1. The number of hydrogen-bond acceptors (Lipinski definition) is 4. The Bertz CT molecular complexity index is 1220. The van der Waals surface area contributed by atoms with Gasteiger partial charge >= 0.3 is 0 Å². The number of halogens is 1. The van der Waals surface area contributed by atoms with Crippen LogP contribution < -0.4 is 4.90 Å². The summed E-state index contributed by atoms with van der Waals surface area (Å²) in [6, 6.07) is 20.0. The number of anilines is 1. The number of aryl methyl sites for hydroxylation is 1. The first-order chi connectivity index (χ1) is 15.1. The largest absolute Gasteiger partial charge is 0.368 e. The van der Waals surface area contributed by atoms with Crippen molar-refractivity contribution in [2.24, 2.45) is 0 Å². The standard InChI is InChI=1S/C25H22FN3O2/c1-17-2-4-18(5-3-17)24-22-16-19(6-11-23(22)27-31-24)25(30)29-14-12-28(13-15-29)21-9-7-20(26)8-10-21/h2-11,16H,12-15H2,1H3. The average Bonchev–Trinajstić information content (AvgIpc) is 3.23. The van der Waals surface area contributed by atoms with Crippen LogP contribution in [0, 0.1) is 12.7 Å². The molecule has 1 aromatic heterocycles. The van der Waals surface area contributed by atoms with Gasteiger partial charge in [-0.3, -0.25) is 4.79 Å². The second kappa shape index (κ2) is 7.87. The number of rotatable bonds is 3. The Morgan fingerprint density at radius 1 is 0.935 bits per heavy atom. The molecule has 1 fully saturated rings. The van der Waals surface area contributed by atoms with Gasteiger partial charge in [0, 0.05) is 43.0 Å². The first kappa shape index (κ1) is 19.3. The van der Waals surface area contributed by atoms with Gasteiger partial charge in [-0.2, -0.15) is 0 Å². The van der Waals surface area contributed by atoms with Crippen molar-refractivity contribution in [1.82, 2.24) is 10.1 Å². The first-order valence-electron chi connectivity index (χ1n) is 10.3. The topological polar surface area (TPSA) is 49.6 Å². The summed E-state index contributed by atoms with van der Waals surface area (Å²) in [5.74, 6) is 0.425. The van der Waals surface area contributed by atoms with Crippen LogP contribution in [-0.4, -0.2) is 42.1 Å². The molecule has 5 rings (SSSR count). The molecule has 0 unspecified atom stereocenters. The van der Waals surface area contributed by atoms with E-state index in [9.17, 15) is 9.18 Å². The first-order valence-corrected chi connectivity index (χ1v) is 10.3. The highest BCUT2D eigenvalue weighted by Crippen LogP contribution is 2.30. The highest BCUT2D eigenvalue weighted by atomic mass is 19.1. The van der Waals surface area contributed by atoms with Crippen LogP contribution in [0.5, 0.6) is 0 Å². The average molecular weight is 415 g/mol. The summed E-state index contributed by atoms with van der Waals surface area (Å²) in [6.07, 6.45) is 0. The van der Waals surface area contributed by atoms with Crippen molar-refractivity contribution >= 4 is 22.5 Å². The zero-order valence-electron chi connectivity index (χ0n) is 17.2. The van der Waals surface area contributed by atoms with Crippen LogP contribution in [0.1, 0.15) is 15.9 Å². The van der Waals surface area contributed by atoms with Crippen molar-refractivity contribution in [3.8, 4) is 11.3 Å². The van der Waals surface area contributed by atoms with Crippen LogP contribution in [0.2, 0.25) is 0 Å². The van der Waals surface area contributed by atoms with Crippen LogP contribution in [0.4, 0.5) is 10.1 Å². The van der Waals surface area contributed by atoms with E-state index in [2.05, 4.69) is 10.1 Å². The van der Waals surface area contributed by atoms with Crippen LogP contribution in [0.25, 0.3) is 22.2 Å². The summed E-state index contributed by atoms with van der Waals surface area (Å²) >= 11 is 0. The highest BCUT2D eigenvalue weighted by Gasteiger charge is 2.23. The Morgan fingerprint density at radius 3 is 2.35 bits per heavy atom. The van der Waals surface area contributed by atoms with Gasteiger partial charge in [-0.15, -0.1) is 0 Å². The van der Waals surface area contributed by atoms with Crippen LogP contribution in [0.3, 0.4) is 0 Å². The van der Waals surface area contributed by atoms with E-state index in [1.807, 2.05) is 48.2 Å². The molecule has 1 aliphatic rings. The van der Waals surface area contributed by atoms with Gasteiger partial charge in [-0.25, -0.2) is 4.39 Å². The smallest absolute Gasteiger partial charge is 0.254 e. The number of amides is 1. The summed E-state index contributed by atoms with van der Waals surface area (Å²) in [5.41, 5.74) is 4.43. The number of nitrogens with zero attached hydrogens (tertiary/aromatic N) is 3. The van der Waals surface area contributed by atoms with Crippen molar-refractivity contribution in [1.29, 1.82) is 0 Å². The molecule has 0 saturated carbocycles. The van der Waals surface area contributed by atoms with E-state index in [4.69, 9.17) is 4.52 Å². The maximum Gasteiger partial charge on any atom is 0.254 e. The summed E-state index contributed by atoms with van der Waals surface area (Å²) in [5, 5.41) is 4.98. The van der Waals surface area contributed by atoms with Gasteiger partial charge in [-0.05, 0) is 49.4 Å². The summed E-state index contributed by atoms with van der Waals surface area (Å²) in [7, 11) is 0. The van der Waals surface area contributed by atoms with E-state index in [-0.39, 0.29) is 11.7 Å². The predicted molar refractivity (Wildman–Crippen MR) is 119 cm³/mol. The summed E-state index contributed by atoms with van der Waals surface area (Å²) in [6.45, 7) is 4.68. The molecule has 1 saturated heterocycles. The minimum Gasteiger partial charge on any atom is -0.368 e. The summed E-state index contributed by atoms with van der Waals surface area (Å²) in [4.78, 5) is 17.2. The molecule has 0 aliphatic carbocycles. The lowest BCUT2D eigenvalue weighted by atomic mass is 10.0. The van der Waals surface area contributed by atoms with E-state index in [0.717, 1.165) is 22.2 Å². The minimum atomic E-state index is -0.244. The molecule has 6 heteroatoms. The van der Waals surface area contributed by atoms with Gasteiger partial charge in [0.1, 0.15) is 11.3 Å². The number of piperazine rings is 1. The van der Waals surface area contributed by atoms with Crippen molar-refractivity contribution < 1.29 is 13.7 Å². The van der Waals surface area contributed by atoms with Gasteiger partial charge in [0.15, 0.2) is 5.76 Å². The molecule has 0 atom stereocenters. The molecule has 2 heterocycles. The van der Waals surface area contributed by atoms with E-state index in [1.54, 1.807) is 18.2 Å². The van der Waals surface area contributed by atoms with Crippen molar-refractivity contribution in [2.45, 2.75) is 6.92 Å². The molecule has 31 heavy (non-hydrogen) atoms. The monoisotopic (exact) mass is 415 g/mol. The second-order valence-electron chi connectivity index (χ2n) is 7.87. The number of aromatic nitrogens is 1. The van der Waals surface area contributed by atoms with E-state index in [0.29, 0.717) is 37.5 Å². The molecule has 0 N–H and O–H groups in total. The molecule has 0 radical (unpaired) electrons. The van der Waals surface area contributed by atoms with Gasteiger partial charge in [0.25, 0.3) is 5.91 Å². The Morgan fingerprint density at radius 2 is 1.65 bits per heavy atom. The second-order valence-corrected chi connectivity index (χ2v) is 7.87. The molecule has 156 valence electrons. The highest BCUT2D eigenvalue weighted by molar-refractivity contribution is 6.01. The fourth-order valence-corrected chi connectivity index (χ4v) is 3.99. The summed E-state index contributed by atoms with van der Waals surface area (Å²) < 4.78 is 18.8. The molecule has 4 aromatic rings. The zero-order valence-corrected chi connectivity index (χ0v) is 17.2. The third-order valence-corrected chi connectivity index (χ3v) is 5.80. The Balaban J connectivity index is 1.35. The fraction of sp³-hybridized carbons (Fsp3) is 0.200. The lowest BCUT2D eigenvalue weighted by Crippen LogP contribution is -2.48. The van der Waals surface area contributed by atoms with Crippen LogP contribution in [0.15, 0.2) is 71.3 Å². The molecule has 5 nitrogen and oxygen atoms in total. The number of benzene rings is 3. The molecule has 3 aromatic carbocycles. The van der Waals surface area contributed by atoms with Gasteiger partial charge in [-0.1, -0.05) is 35.0 Å². The third kappa shape index (κ3) is 3.77. The van der Waals surface area contributed by atoms with Gasteiger partial charge in [0.2, 0.25) is 0 Å². The molecule has 1 aliphatic heterocycles. The van der Waals surface area contributed by atoms with Crippen molar-refractivity contribution in [3.05, 3.63) is 83.7 Å². The molecule has 1 amide bonds. The quantitative estimate of drug-likeness (QED) is 0.477. The van der Waals surface area contributed by atoms with Crippen LogP contribution >= 0.6 is 0 Å². The van der Waals surface area contributed by atoms with Crippen LogP contribution in [-0.2, 0) is 0 Å². The minimum absolute atomic E-state index is 0.00304. The number of carbonyl (C=O) groups excluding carboxylic acids is 1. The normalized spacial score (nSPS) is 14.3. The maximum absolute atomic E-state index is 13.2. The van der Waals surface area contributed by atoms with E-state index < -0.39 is 0 Å². The fourth-order valence-electron chi connectivity index (χ4n) is 3.99. The lowest BCUT2D eigenvalue weighted by molar-refractivity contribution is 0.0747. The number of hydrogen-bond donors (Lipinski definition) is 0. The van der Waals surface area contributed by atoms with Gasteiger partial charge < -0.3 is 14.3 Å². The van der Waals surface area contributed by atoms with Crippen molar-refractivity contribution in [2.75, 3.05) is 31.1 Å². The maximum atomic E-state index is 13.2. The third-order valence-electron chi connectivity index (χ3n) is 5.80. The van der Waals surface area contributed by atoms with Gasteiger partial charge in [0.05, 0.1) is 5.39 Å². The molecular formula is C25H22FN3O2. The predicted octanol–water partition coefficient (Wildman–Crippen LogP) is 4.90. The Kier molecular flexibility index (Phi) is 4.90. The molecular weight excluding hydrogens is 393 g/mol. The van der Waals surface area contributed by atoms with E-state index in [1.165, 1.54) is 17.7 Å².